The molecular weight excluding hydrogens is 198 g/mol. The topological polar surface area (TPSA) is 20.2 Å². The summed E-state index contributed by atoms with van der Waals surface area (Å²) in [6.07, 6.45) is 3.67. The van der Waals surface area contributed by atoms with Crippen LogP contribution in [-0.2, 0) is 0 Å². The highest BCUT2D eigenvalue weighted by molar-refractivity contribution is 4.43. The number of aliphatic hydroxyl groups excluding tert-OH is 1. The van der Waals surface area contributed by atoms with Crippen LogP contribution in [0.2, 0.25) is 0 Å². The maximum absolute atomic E-state index is 9.07. The highest BCUT2D eigenvalue weighted by Gasteiger charge is 2.23. The molecule has 0 atom stereocenters. The molecular formula is C11H26ClNO. The Hall–Kier alpha value is 0.210. The molecule has 0 aliphatic heterocycles. The fraction of sp³-hybridized carbons (Fsp3) is 1.00. The summed E-state index contributed by atoms with van der Waals surface area (Å²) < 4.78 is 1.12. The minimum atomic E-state index is 0. The van der Waals surface area contributed by atoms with E-state index in [0.717, 1.165) is 11.0 Å². The van der Waals surface area contributed by atoms with Gasteiger partial charge in [-0.05, 0) is 19.3 Å². The lowest BCUT2D eigenvalue weighted by Crippen LogP contribution is -3.00. The van der Waals surface area contributed by atoms with Crippen molar-refractivity contribution in [3.63, 3.8) is 0 Å². The van der Waals surface area contributed by atoms with Crippen molar-refractivity contribution in [3.8, 4) is 0 Å². The number of nitrogens with zero attached hydrogens (tertiary/aromatic N) is 1. The van der Waals surface area contributed by atoms with E-state index >= 15 is 0 Å². The second kappa shape index (κ2) is 9.75. The summed E-state index contributed by atoms with van der Waals surface area (Å²) in [5.41, 5.74) is 0. The van der Waals surface area contributed by atoms with E-state index < -0.39 is 0 Å². The van der Waals surface area contributed by atoms with Crippen LogP contribution in [0.5, 0.6) is 0 Å². The molecule has 0 spiro atoms. The Bertz CT molecular complexity index is 90.3. The Morgan fingerprint density at radius 1 is 0.786 bits per heavy atom. The van der Waals surface area contributed by atoms with Crippen molar-refractivity contribution in [2.24, 2.45) is 0 Å². The van der Waals surface area contributed by atoms with E-state index in [-0.39, 0.29) is 12.4 Å². The van der Waals surface area contributed by atoms with Crippen molar-refractivity contribution in [2.45, 2.75) is 40.0 Å². The molecule has 0 unspecified atom stereocenters. The van der Waals surface area contributed by atoms with Gasteiger partial charge in [0.25, 0.3) is 0 Å². The summed E-state index contributed by atoms with van der Waals surface area (Å²) in [7, 11) is 0. The molecule has 0 bridgehead atoms. The van der Waals surface area contributed by atoms with Crippen LogP contribution in [-0.4, -0.2) is 42.4 Å². The van der Waals surface area contributed by atoms with E-state index in [1.165, 1.54) is 38.9 Å². The molecule has 1 N–H and O–H groups in total. The molecule has 0 aliphatic rings. The summed E-state index contributed by atoms with van der Waals surface area (Å²) in [4.78, 5) is 0. The zero-order valence-corrected chi connectivity index (χ0v) is 10.7. The van der Waals surface area contributed by atoms with Gasteiger partial charge >= 0.3 is 0 Å². The number of quaternary nitrogens is 1. The van der Waals surface area contributed by atoms with E-state index in [1.54, 1.807) is 0 Å². The summed E-state index contributed by atoms with van der Waals surface area (Å²) in [6.45, 7) is 11.6. The van der Waals surface area contributed by atoms with Gasteiger partial charge in [-0.1, -0.05) is 20.8 Å². The average Bonchev–Trinajstić information content (AvgIpc) is 2.06. The first-order valence-corrected chi connectivity index (χ1v) is 5.70. The van der Waals surface area contributed by atoms with Gasteiger partial charge in [0.15, 0.2) is 0 Å². The van der Waals surface area contributed by atoms with Crippen LogP contribution in [0.1, 0.15) is 40.0 Å². The van der Waals surface area contributed by atoms with Crippen LogP contribution >= 0.6 is 0 Å². The number of rotatable bonds is 8. The minimum absolute atomic E-state index is 0. The lowest BCUT2D eigenvalue weighted by molar-refractivity contribution is -0.928. The molecule has 0 saturated carbocycles. The first kappa shape index (κ1) is 16.6. The molecule has 0 fully saturated rings. The van der Waals surface area contributed by atoms with Gasteiger partial charge in [-0.15, -0.1) is 0 Å². The van der Waals surface area contributed by atoms with Crippen molar-refractivity contribution in [2.75, 3.05) is 32.8 Å². The van der Waals surface area contributed by atoms with Crippen molar-refractivity contribution in [1.29, 1.82) is 0 Å². The molecule has 0 heterocycles. The van der Waals surface area contributed by atoms with Crippen LogP contribution in [0, 0.1) is 0 Å². The van der Waals surface area contributed by atoms with Crippen molar-refractivity contribution in [1.82, 2.24) is 0 Å². The second-order valence-corrected chi connectivity index (χ2v) is 3.96. The largest absolute Gasteiger partial charge is 1.00 e. The maximum Gasteiger partial charge on any atom is 0.102 e. The molecule has 0 aliphatic carbocycles. The minimum Gasteiger partial charge on any atom is -1.00 e. The first-order valence-electron chi connectivity index (χ1n) is 5.70. The van der Waals surface area contributed by atoms with Crippen LogP contribution in [0.3, 0.4) is 0 Å². The van der Waals surface area contributed by atoms with Crippen molar-refractivity contribution in [3.05, 3.63) is 0 Å². The van der Waals surface area contributed by atoms with Crippen LogP contribution in [0.15, 0.2) is 0 Å². The molecule has 0 aromatic heterocycles. The predicted octanol–water partition coefficient (Wildman–Crippen LogP) is -0.970. The van der Waals surface area contributed by atoms with Gasteiger partial charge in [0.05, 0.1) is 26.2 Å². The van der Waals surface area contributed by atoms with Gasteiger partial charge < -0.3 is 22.0 Å². The lowest BCUT2D eigenvalue weighted by atomic mass is 10.2. The third kappa shape index (κ3) is 5.84. The molecule has 2 nitrogen and oxygen atoms in total. The quantitative estimate of drug-likeness (QED) is 0.526. The van der Waals surface area contributed by atoms with Crippen molar-refractivity contribution >= 4 is 0 Å². The van der Waals surface area contributed by atoms with Crippen LogP contribution < -0.4 is 12.4 Å². The highest BCUT2D eigenvalue weighted by Crippen LogP contribution is 2.10. The van der Waals surface area contributed by atoms with Gasteiger partial charge in [0.1, 0.15) is 6.54 Å². The molecule has 0 aromatic carbocycles. The highest BCUT2D eigenvalue weighted by atomic mass is 35.5. The number of aliphatic hydroxyl groups is 1. The Morgan fingerprint density at radius 2 is 1.14 bits per heavy atom. The molecule has 0 aromatic rings. The lowest BCUT2D eigenvalue weighted by Gasteiger charge is -2.38. The summed E-state index contributed by atoms with van der Waals surface area (Å²) in [5.74, 6) is 0. The third-order valence-corrected chi connectivity index (χ3v) is 2.67. The zero-order chi connectivity index (χ0) is 10.2. The molecule has 0 saturated heterocycles. The molecule has 0 rings (SSSR count). The Morgan fingerprint density at radius 3 is 1.36 bits per heavy atom. The maximum atomic E-state index is 9.07. The number of hydrogen-bond acceptors (Lipinski definition) is 1. The Kier molecular flexibility index (Phi) is 11.6. The van der Waals surface area contributed by atoms with Gasteiger partial charge in [-0.2, -0.15) is 0 Å². The molecule has 88 valence electrons. The van der Waals surface area contributed by atoms with Gasteiger partial charge in [-0.3, -0.25) is 0 Å². The SMILES string of the molecule is CCC[N+](CCC)(CCC)CCO.[Cl-]. The van der Waals surface area contributed by atoms with E-state index in [2.05, 4.69) is 20.8 Å². The molecule has 0 radical (unpaired) electrons. The monoisotopic (exact) mass is 223 g/mol. The van der Waals surface area contributed by atoms with E-state index in [9.17, 15) is 0 Å². The second-order valence-electron chi connectivity index (χ2n) is 3.96. The summed E-state index contributed by atoms with van der Waals surface area (Å²) >= 11 is 0. The van der Waals surface area contributed by atoms with Gasteiger partial charge in [0.2, 0.25) is 0 Å². The number of halogens is 1. The number of hydrogen-bond donors (Lipinski definition) is 1. The fourth-order valence-corrected chi connectivity index (χ4v) is 2.31. The smallest absolute Gasteiger partial charge is 0.102 e. The van der Waals surface area contributed by atoms with Crippen LogP contribution in [0.4, 0.5) is 0 Å². The summed E-state index contributed by atoms with van der Waals surface area (Å²) in [5, 5.41) is 9.07. The fourth-order valence-electron chi connectivity index (χ4n) is 2.31. The molecule has 14 heavy (non-hydrogen) atoms. The van der Waals surface area contributed by atoms with E-state index in [1.807, 2.05) is 0 Å². The first-order chi connectivity index (χ1) is 6.24. The summed E-state index contributed by atoms with van der Waals surface area (Å²) in [6, 6.07) is 0. The Balaban J connectivity index is 0. The predicted molar refractivity (Wildman–Crippen MR) is 57.7 cm³/mol. The van der Waals surface area contributed by atoms with E-state index in [0.29, 0.717) is 6.61 Å². The van der Waals surface area contributed by atoms with Gasteiger partial charge in [0, 0.05) is 0 Å². The van der Waals surface area contributed by atoms with Crippen molar-refractivity contribution < 1.29 is 22.0 Å². The van der Waals surface area contributed by atoms with E-state index in [4.69, 9.17) is 5.11 Å². The normalized spacial score (nSPS) is 11.1. The standard InChI is InChI=1S/C11H26NO.ClH/c1-4-7-12(8-5-2,9-6-3)10-11-13;/h13H,4-11H2,1-3H3;1H/q+1;/p-1. The molecule has 3 heteroatoms. The third-order valence-electron chi connectivity index (χ3n) is 2.67. The molecule has 0 amide bonds. The average molecular weight is 224 g/mol. The van der Waals surface area contributed by atoms with Gasteiger partial charge in [-0.25, -0.2) is 0 Å². The Labute approximate surface area is 95.3 Å². The van der Waals surface area contributed by atoms with Crippen LogP contribution in [0.25, 0.3) is 0 Å². The zero-order valence-electron chi connectivity index (χ0n) is 9.93.